The van der Waals surface area contributed by atoms with Crippen molar-refractivity contribution < 1.29 is 23.8 Å². The van der Waals surface area contributed by atoms with Crippen molar-refractivity contribution in [1.29, 1.82) is 0 Å². The van der Waals surface area contributed by atoms with E-state index in [1.807, 2.05) is 32.0 Å². The van der Waals surface area contributed by atoms with Crippen LogP contribution in [0.3, 0.4) is 0 Å². The van der Waals surface area contributed by atoms with Crippen LogP contribution in [-0.2, 0) is 9.53 Å². The van der Waals surface area contributed by atoms with Gasteiger partial charge >= 0.3 is 5.97 Å². The third-order valence-corrected chi connectivity index (χ3v) is 3.92. The lowest BCUT2D eigenvalue weighted by Gasteiger charge is -2.15. The fraction of sp³-hybridized carbons (Fsp3) is 0.300. The van der Waals surface area contributed by atoms with Gasteiger partial charge in [0.2, 0.25) is 0 Å². The Hall–Kier alpha value is -3.02. The van der Waals surface area contributed by atoms with Crippen molar-refractivity contribution in [2.75, 3.05) is 19.5 Å². The summed E-state index contributed by atoms with van der Waals surface area (Å²) >= 11 is 0. The smallest absolute Gasteiger partial charge is 0.339 e. The molecule has 138 valence electrons. The standard InChI is InChI=1S/C20H23NO5/c1-12-6-7-13(2)16(10-12)21-19(22)14(3)26-20(23)15-8-9-17(24-4)18(11-15)25-5/h6-11,14H,1-5H3,(H,21,22)/t14-/m1/s1. The molecule has 2 rings (SSSR count). The Labute approximate surface area is 153 Å². The predicted molar refractivity (Wildman–Crippen MR) is 99.0 cm³/mol. The van der Waals surface area contributed by atoms with E-state index in [0.717, 1.165) is 11.1 Å². The summed E-state index contributed by atoms with van der Waals surface area (Å²) in [5.74, 6) is -0.0960. The molecule has 0 aliphatic heterocycles. The number of hydrogen-bond donors (Lipinski definition) is 1. The molecule has 0 aromatic heterocycles. The average molecular weight is 357 g/mol. The minimum Gasteiger partial charge on any atom is -0.493 e. The molecule has 0 unspecified atom stereocenters. The topological polar surface area (TPSA) is 73.9 Å². The second-order valence-corrected chi connectivity index (χ2v) is 5.92. The molecule has 0 fully saturated rings. The number of aryl methyl sites for hydroxylation is 2. The van der Waals surface area contributed by atoms with Crippen LogP contribution in [0.4, 0.5) is 5.69 Å². The maximum absolute atomic E-state index is 12.3. The number of nitrogens with one attached hydrogen (secondary N) is 1. The first kappa shape index (κ1) is 19.3. The Morgan fingerprint density at radius 3 is 2.31 bits per heavy atom. The van der Waals surface area contributed by atoms with Gasteiger partial charge in [0.15, 0.2) is 17.6 Å². The van der Waals surface area contributed by atoms with Gasteiger partial charge in [0.05, 0.1) is 19.8 Å². The van der Waals surface area contributed by atoms with E-state index in [4.69, 9.17) is 14.2 Å². The summed E-state index contributed by atoms with van der Waals surface area (Å²) in [5, 5.41) is 2.79. The number of carbonyl (C=O) groups is 2. The molecule has 0 heterocycles. The lowest BCUT2D eigenvalue weighted by molar-refractivity contribution is -0.123. The lowest BCUT2D eigenvalue weighted by Crippen LogP contribution is -2.30. The van der Waals surface area contributed by atoms with Crippen LogP contribution in [-0.4, -0.2) is 32.2 Å². The van der Waals surface area contributed by atoms with Crippen LogP contribution in [0.5, 0.6) is 11.5 Å². The van der Waals surface area contributed by atoms with Gasteiger partial charge in [0, 0.05) is 5.69 Å². The van der Waals surface area contributed by atoms with Crippen molar-refractivity contribution in [2.24, 2.45) is 0 Å². The lowest BCUT2D eigenvalue weighted by atomic mass is 10.1. The molecule has 2 aromatic rings. The Kier molecular flexibility index (Phi) is 6.22. The van der Waals surface area contributed by atoms with Crippen LogP contribution in [0.15, 0.2) is 36.4 Å². The van der Waals surface area contributed by atoms with Crippen LogP contribution < -0.4 is 14.8 Å². The van der Waals surface area contributed by atoms with Crippen LogP contribution in [0.25, 0.3) is 0 Å². The third kappa shape index (κ3) is 4.53. The van der Waals surface area contributed by atoms with Crippen molar-refractivity contribution in [3.63, 3.8) is 0 Å². The molecule has 6 heteroatoms. The zero-order chi connectivity index (χ0) is 19.3. The van der Waals surface area contributed by atoms with E-state index >= 15 is 0 Å². The molecule has 0 aliphatic rings. The molecule has 0 aliphatic carbocycles. The first-order valence-electron chi connectivity index (χ1n) is 8.16. The molecule has 1 atom stereocenters. The third-order valence-electron chi connectivity index (χ3n) is 3.92. The second-order valence-electron chi connectivity index (χ2n) is 5.92. The minimum absolute atomic E-state index is 0.272. The van der Waals surface area contributed by atoms with Crippen LogP contribution in [0.2, 0.25) is 0 Å². The summed E-state index contributed by atoms with van der Waals surface area (Å²) in [6.45, 7) is 5.37. The molecule has 0 saturated carbocycles. The molecule has 0 spiro atoms. The predicted octanol–water partition coefficient (Wildman–Crippen LogP) is 3.50. The highest BCUT2D eigenvalue weighted by Crippen LogP contribution is 2.28. The molecule has 1 N–H and O–H groups in total. The maximum Gasteiger partial charge on any atom is 0.339 e. The van der Waals surface area contributed by atoms with Gasteiger partial charge in [0.1, 0.15) is 0 Å². The zero-order valence-corrected chi connectivity index (χ0v) is 15.6. The van der Waals surface area contributed by atoms with Crippen LogP contribution in [0, 0.1) is 13.8 Å². The summed E-state index contributed by atoms with van der Waals surface area (Å²) in [5.41, 5.74) is 2.93. The van der Waals surface area contributed by atoms with Crippen LogP contribution >= 0.6 is 0 Å². The van der Waals surface area contributed by atoms with Gasteiger partial charge in [-0.3, -0.25) is 4.79 Å². The summed E-state index contributed by atoms with van der Waals surface area (Å²) in [4.78, 5) is 24.6. The summed E-state index contributed by atoms with van der Waals surface area (Å²) in [6.07, 6.45) is -0.949. The Bertz CT molecular complexity index is 816. The second kappa shape index (κ2) is 8.38. The molecule has 0 saturated heterocycles. The maximum atomic E-state index is 12.3. The normalized spacial score (nSPS) is 11.4. The van der Waals surface area contributed by atoms with Gasteiger partial charge in [-0.1, -0.05) is 12.1 Å². The van der Waals surface area contributed by atoms with Crippen LogP contribution in [0.1, 0.15) is 28.4 Å². The largest absolute Gasteiger partial charge is 0.493 e. The molecule has 1 amide bonds. The first-order valence-corrected chi connectivity index (χ1v) is 8.16. The van der Waals surface area contributed by atoms with E-state index < -0.39 is 18.0 Å². The molecule has 26 heavy (non-hydrogen) atoms. The van der Waals surface area contributed by atoms with Gasteiger partial charge in [-0.05, 0) is 56.2 Å². The number of anilines is 1. The molecule has 0 bridgehead atoms. The molecule has 0 radical (unpaired) electrons. The Morgan fingerprint density at radius 1 is 0.962 bits per heavy atom. The van der Waals surface area contributed by atoms with Crippen molar-refractivity contribution in [2.45, 2.75) is 26.9 Å². The minimum atomic E-state index is -0.949. The van der Waals surface area contributed by atoms with Gasteiger partial charge in [0.25, 0.3) is 5.91 Å². The fourth-order valence-electron chi connectivity index (χ4n) is 2.35. The van der Waals surface area contributed by atoms with E-state index in [9.17, 15) is 9.59 Å². The quantitative estimate of drug-likeness (QED) is 0.801. The van der Waals surface area contributed by atoms with E-state index in [1.54, 1.807) is 12.1 Å². The number of hydrogen-bond acceptors (Lipinski definition) is 5. The summed E-state index contributed by atoms with van der Waals surface area (Å²) < 4.78 is 15.6. The fourth-order valence-corrected chi connectivity index (χ4v) is 2.35. The number of rotatable bonds is 6. The highest BCUT2D eigenvalue weighted by atomic mass is 16.5. The van der Waals surface area contributed by atoms with Crippen molar-refractivity contribution in [3.05, 3.63) is 53.1 Å². The Morgan fingerprint density at radius 2 is 1.65 bits per heavy atom. The van der Waals surface area contributed by atoms with Gasteiger partial charge in [-0.15, -0.1) is 0 Å². The summed E-state index contributed by atoms with van der Waals surface area (Å²) in [7, 11) is 2.99. The van der Waals surface area contributed by atoms with E-state index in [1.165, 1.54) is 27.2 Å². The number of ether oxygens (including phenoxy) is 3. The SMILES string of the molecule is COc1ccc(C(=O)O[C@H](C)C(=O)Nc2cc(C)ccc2C)cc1OC. The molecule has 2 aromatic carbocycles. The van der Waals surface area contributed by atoms with Gasteiger partial charge in [-0.25, -0.2) is 4.79 Å². The van der Waals surface area contributed by atoms with Crippen molar-refractivity contribution in [3.8, 4) is 11.5 Å². The number of benzene rings is 2. The average Bonchev–Trinajstić information content (AvgIpc) is 2.63. The highest BCUT2D eigenvalue weighted by molar-refractivity contribution is 5.98. The summed E-state index contributed by atoms with van der Waals surface area (Å²) in [6, 6.07) is 10.4. The van der Waals surface area contributed by atoms with E-state index in [-0.39, 0.29) is 5.56 Å². The van der Waals surface area contributed by atoms with E-state index in [0.29, 0.717) is 17.2 Å². The highest BCUT2D eigenvalue weighted by Gasteiger charge is 2.20. The van der Waals surface area contributed by atoms with Gasteiger partial charge in [-0.2, -0.15) is 0 Å². The van der Waals surface area contributed by atoms with Crippen molar-refractivity contribution in [1.82, 2.24) is 0 Å². The number of amides is 1. The molecular formula is C20H23NO5. The number of carbonyl (C=O) groups excluding carboxylic acids is 2. The van der Waals surface area contributed by atoms with Gasteiger partial charge < -0.3 is 19.5 Å². The Balaban J connectivity index is 2.06. The molecule has 6 nitrogen and oxygen atoms in total. The zero-order valence-electron chi connectivity index (χ0n) is 15.6. The van der Waals surface area contributed by atoms with E-state index in [2.05, 4.69) is 5.32 Å². The molecular weight excluding hydrogens is 334 g/mol. The van der Waals surface area contributed by atoms with Crippen molar-refractivity contribution >= 4 is 17.6 Å². The number of esters is 1. The number of methoxy groups -OCH3 is 2. The first-order chi connectivity index (χ1) is 12.3. The monoisotopic (exact) mass is 357 g/mol.